The molecule has 2 N–H and O–H groups in total. The Morgan fingerprint density at radius 2 is 1.82 bits per heavy atom. The SMILES string of the molecule is Fc1ccc2c(c1)NCC(c1ccccc1)N2. The van der Waals surface area contributed by atoms with Gasteiger partial charge in [0, 0.05) is 6.54 Å². The largest absolute Gasteiger partial charge is 0.381 e. The van der Waals surface area contributed by atoms with Crippen LogP contribution in [0.2, 0.25) is 0 Å². The van der Waals surface area contributed by atoms with Crippen LogP contribution in [-0.2, 0) is 0 Å². The maximum atomic E-state index is 13.0. The summed E-state index contributed by atoms with van der Waals surface area (Å²) >= 11 is 0. The van der Waals surface area contributed by atoms with Crippen LogP contribution in [0.15, 0.2) is 48.5 Å². The molecule has 0 aliphatic carbocycles. The lowest BCUT2D eigenvalue weighted by Crippen LogP contribution is -2.25. The second-order valence-electron chi connectivity index (χ2n) is 4.18. The predicted molar refractivity (Wildman–Crippen MR) is 67.7 cm³/mol. The van der Waals surface area contributed by atoms with Gasteiger partial charge in [-0.2, -0.15) is 0 Å². The number of nitrogens with one attached hydrogen (secondary N) is 2. The van der Waals surface area contributed by atoms with Gasteiger partial charge in [0.15, 0.2) is 0 Å². The Labute approximate surface area is 99.5 Å². The first-order chi connectivity index (χ1) is 8.33. The summed E-state index contributed by atoms with van der Waals surface area (Å²) in [7, 11) is 0. The van der Waals surface area contributed by atoms with Crippen molar-refractivity contribution >= 4 is 11.4 Å². The van der Waals surface area contributed by atoms with Crippen molar-refractivity contribution in [3.8, 4) is 0 Å². The van der Waals surface area contributed by atoms with Crippen LogP contribution in [-0.4, -0.2) is 6.54 Å². The Balaban J connectivity index is 1.88. The van der Waals surface area contributed by atoms with Crippen molar-refractivity contribution in [2.24, 2.45) is 0 Å². The van der Waals surface area contributed by atoms with Gasteiger partial charge in [0.2, 0.25) is 0 Å². The third-order valence-electron chi connectivity index (χ3n) is 3.01. The van der Waals surface area contributed by atoms with E-state index in [2.05, 4.69) is 22.8 Å². The molecular weight excluding hydrogens is 215 g/mol. The zero-order chi connectivity index (χ0) is 11.7. The summed E-state index contributed by atoms with van der Waals surface area (Å²) < 4.78 is 13.0. The minimum absolute atomic E-state index is 0.212. The highest BCUT2D eigenvalue weighted by Crippen LogP contribution is 2.31. The van der Waals surface area contributed by atoms with Crippen molar-refractivity contribution in [2.75, 3.05) is 17.2 Å². The molecule has 3 rings (SSSR count). The van der Waals surface area contributed by atoms with Crippen LogP contribution in [0.4, 0.5) is 15.8 Å². The number of hydrogen-bond acceptors (Lipinski definition) is 2. The summed E-state index contributed by atoms with van der Waals surface area (Å²) in [6.07, 6.45) is 0. The molecule has 0 aromatic heterocycles. The molecule has 3 heteroatoms. The second kappa shape index (κ2) is 4.09. The summed E-state index contributed by atoms with van der Waals surface area (Å²) in [4.78, 5) is 0. The number of benzene rings is 2. The van der Waals surface area contributed by atoms with E-state index in [-0.39, 0.29) is 11.9 Å². The third-order valence-corrected chi connectivity index (χ3v) is 3.01. The molecule has 1 aliphatic rings. The topological polar surface area (TPSA) is 24.1 Å². The van der Waals surface area contributed by atoms with Crippen LogP contribution in [0.5, 0.6) is 0 Å². The zero-order valence-electron chi connectivity index (χ0n) is 9.28. The zero-order valence-corrected chi connectivity index (χ0v) is 9.28. The molecule has 0 spiro atoms. The van der Waals surface area contributed by atoms with E-state index < -0.39 is 0 Å². The molecule has 1 aliphatic heterocycles. The number of rotatable bonds is 1. The molecule has 1 unspecified atom stereocenters. The second-order valence-corrected chi connectivity index (χ2v) is 4.18. The fourth-order valence-corrected chi connectivity index (χ4v) is 2.13. The highest BCUT2D eigenvalue weighted by molar-refractivity contribution is 5.71. The fourth-order valence-electron chi connectivity index (χ4n) is 2.13. The van der Waals surface area contributed by atoms with Gasteiger partial charge >= 0.3 is 0 Å². The van der Waals surface area contributed by atoms with Crippen molar-refractivity contribution < 1.29 is 4.39 Å². The van der Waals surface area contributed by atoms with E-state index in [1.807, 2.05) is 18.2 Å². The van der Waals surface area contributed by atoms with Gasteiger partial charge in [-0.15, -0.1) is 0 Å². The standard InChI is InChI=1S/C14H13FN2/c15-11-6-7-12-13(8-11)16-9-14(17-12)10-4-2-1-3-5-10/h1-8,14,16-17H,9H2. The molecule has 1 atom stereocenters. The number of anilines is 2. The first-order valence-electron chi connectivity index (χ1n) is 5.68. The Bertz CT molecular complexity index is 525. The van der Waals surface area contributed by atoms with Gasteiger partial charge in [0.25, 0.3) is 0 Å². The number of fused-ring (bicyclic) bond motifs is 1. The molecule has 2 aromatic carbocycles. The van der Waals surface area contributed by atoms with Crippen LogP contribution in [0.3, 0.4) is 0 Å². The van der Waals surface area contributed by atoms with E-state index in [1.165, 1.54) is 17.7 Å². The van der Waals surface area contributed by atoms with Crippen molar-refractivity contribution in [3.63, 3.8) is 0 Å². The van der Waals surface area contributed by atoms with Gasteiger partial charge < -0.3 is 10.6 Å². The number of hydrogen-bond donors (Lipinski definition) is 2. The predicted octanol–water partition coefficient (Wildman–Crippen LogP) is 3.40. The van der Waals surface area contributed by atoms with Crippen LogP contribution in [0.25, 0.3) is 0 Å². The van der Waals surface area contributed by atoms with Crippen molar-refractivity contribution in [1.29, 1.82) is 0 Å². The van der Waals surface area contributed by atoms with E-state index in [0.717, 1.165) is 17.9 Å². The Morgan fingerprint density at radius 3 is 2.65 bits per heavy atom. The summed E-state index contributed by atoms with van der Waals surface area (Å²) in [5.74, 6) is -0.212. The minimum atomic E-state index is -0.212. The Morgan fingerprint density at radius 1 is 1.00 bits per heavy atom. The van der Waals surface area contributed by atoms with Gasteiger partial charge in [-0.3, -0.25) is 0 Å². The van der Waals surface area contributed by atoms with E-state index in [4.69, 9.17) is 0 Å². The number of halogens is 1. The molecule has 0 radical (unpaired) electrons. The molecule has 0 amide bonds. The smallest absolute Gasteiger partial charge is 0.125 e. The Hall–Kier alpha value is -2.03. The monoisotopic (exact) mass is 228 g/mol. The third kappa shape index (κ3) is 1.96. The maximum Gasteiger partial charge on any atom is 0.125 e. The van der Waals surface area contributed by atoms with Crippen LogP contribution >= 0.6 is 0 Å². The first-order valence-corrected chi connectivity index (χ1v) is 5.68. The van der Waals surface area contributed by atoms with Gasteiger partial charge in [0.05, 0.1) is 17.4 Å². The highest BCUT2D eigenvalue weighted by atomic mass is 19.1. The van der Waals surface area contributed by atoms with Gasteiger partial charge in [-0.25, -0.2) is 4.39 Å². The molecule has 86 valence electrons. The summed E-state index contributed by atoms with van der Waals surface area (Å²) in [5, 5.41) is 6.66. The average Bonchev–Trinajstić information content (AvgIpc) is 2.39. The molecule has 2 nitrogen and oxygen atoms in total. The summed E-state index contributed by atoms with van der Waals surface area (Å²) in [6, 6.07) is 15.2. The molecule has 0 bridgehead atoms. The van der Waals surface area contributed by atoms with Crippen molar-refractivity contribution in [1.82, 2.24) is 0 Å². The van der Waals surface area contributed by atoms with Gasteiger partial charge in [0.1, 0.15) is 5.82 Å². The maximum absolute atomic E-state index is 13.0. The first kappa shape index (κ1) is 10.1. The lowest BCUT2D eigenvalue weighted by Gasteiger charge is -2.28. The molecule has 17 heavy (non-hydrogen) atoms. The normalized spacial score (nSPS) is 17.8. The summed E-state index contributed by atoms with van der Waals surface area (Å²) in [6.45, 7) is 0.764. The average molecular weight is 228 g/mol. The summed E-state index contributed by atoms with van der Waals surface area (Å²) in [5.41, 5.74) is 3.01. The lowest BCUT2D eigenvalue weighted by molar-refractivity contribution is 0.627. The Kier molecular flexibility index (Phi) is 2.44. The van der Waals surface area contributed by atoms with Crippen molar-refractivity contribution in [3.05, 3.63) is 59.9 Å². The molecule has 0 saturated carbocycles. The van der Waals surface area contributed by atoms with Crippen molar-refractivity contribution in [2.45, 2.75) is 6.04 Å². The van der Waals surface area contributed by atoms with E-state index in [0.29, 0.717) is 0 Å². The van der Waals surface area contributed by atoms with Gasteiger partial charge in [-0.05, 0) is 23.8 Å². The molecule has 1 heterocycles. The lowest BCUT2D eigenvalue weighted by atomic mass is 10.0. The van der Waals surface area contributed by atoms with Gasteiger partial charge in [-0.1, -0.05) is 30.3 Å². The van der Waals surface area contributed by atoms with Crippen LogP contribution in [0.1, 0.15) is 11.6 Å². The fraction of sp³-hybridized carbons (Fsp3) is 0.143. The van der Waals surface area contributed by atoms with Crippen LogP contribution in [0, 0.1) is 5.82 Å². The quantitative estimate of drug-likeness (QED) is 0.781. The molecule has 2 aromatic rings. The van der Waals surface area contributed by atoms with Crippen LogP contribution < -0.4 is 10.6 Å². The molecule has 0 saturated heterocycles. The highest BCUT2D eigenvalue weighted by Gasteiger charge is 2.18. The molecule has 0 fully saturated rings. The minimum Gasteiger partial charge on any atom is -0.381 e. The molecular formula is C14H13FN2. The van der Waals surface area contributed by atoms with E-state index >= 15 is 0 Å². The van der Waals surface area contributed by atoms with E-state index in [9.17, 15) is 4.39 Å². The van der Waals surface area contributed by atoms with E-state index in [1.54, 1.807) is 6.07 Å².